The fraction of sp³-hybridized carbons (Fsp3) is 0.667. The number of nitrogens with zero attached hydrogens (tertiary/aromatic N) is 2. The van der Waals surface area contributed by atoms with Crippen LogP contribution >= 0.6 is 11.6 Å². The third-order valence-corrected chi connectivity index (χ3v) is 8.13. The van der Waals surface area contributed by atoms with Gasteiger partial charge in [-0.2, -0.15) is 0 Å². The van der Waals surface area contributed by atoms with Gasteiger partial charge in [0, 0.05) is 18.0 Å². The van der Waals surface area contributed by atoms with Gasteiger partial charge in [-0.3, -0.25) is 0 Å². The summed E-state index contributed by atoms with van der Waals surface area (Å²) in [6.45, 7) is 4.78. The molecule has 1 atom stereocenters. The first kappa shape index (κ1) is 32.3. The van der Waals surface area contributed by atoms with Crippen LogP contribution in [0, 0.1) is 5.92 Å². The van der Waals surface area contributed by atoms with Gasteiger partial charge in [-0.25, -0.2) is 19.2 Å². The standard InChI is InChI=1S/C33H48ClFN2O3/c1-3-5-7-8-9-10-11-12-13-26-22-36-32(37-23-26)27-17-20-31(29(34)21-27)39-24-25-15-18-28(19-16-25)40-33(38)30(35)14-6-4-2/h17,20-23,25,28,30H,3-16,18-19,24H2,1-2H3/t25-,28-,30-/m0/s1. The fourth-order valence-electron chi connectivity index (χ4n) is 5.22. The number of hydrogen-bond acceptors (Lipinski definition) is 5. The topological polar surface area (TPSA) is 61.3 Å². The molecule has 0 unspecified atom stereocenters. The van der Waals surface area contributed by atoms with Gasteiger partial charge in [0.2, 0.25) is 0 Å². The van der Waals surface area contributed by atoms with Crippen LogP contribution in [0.5, 0.6) is 5.75 Å². The maximum Gasteiger partial charge on any atom is 0.340 e. The molecule has 1 fully saturated rings. The SMILES string of the molecule is CCCCCCCCCCc1cnc(-c2ccc(OC[C@H]3CC[C@H](OC(=O)[C@@H](F)CCCC)CC3)c(Cl)c2)nc1. The van der Waals surface area contributed by atoms with Gasteiger partial charge < -0.3 is 9.47 Å². The Balaban J connectivity index is 1.37. The van der Waals surface area contributed by atoms with Crippen molar-refractivity contribution < 1.29 is 18.7 Å². The highest BCUT2D eigenvalue weighted by Gasteiger charge is 2.27. The Morgan fingerprint density at radius 2 is 1.60 bits per heavy atom. The summed E-state index contributed by atoms with van der Waals surface area (Å²) < 4.78 is 25.3. The number of benzene rings is 1. The lowest BCUT2D eigenvalue weighted by molar-refractivity contribution is -0.157. The second-order valence-electron chi connectivity index (χ2n) is 11.3. The van der Waals surface area contributed by atoms with Crippen LogP contribution in [-0.2, 0) is 16.0 Å². The third-order valence-electron chi connectivity index (χ3n) is 7.83. The summed E-state index contributed by atoms with van der Waals surface area (Å²) in [5, 5.41) is 0.535. The van der Waals surface area contributed by atoms with Crippen LogP contribution in [0.25, 0.3) is 11.4 Å². The summed E-state index contributed by atoms with van der Waals surface area (Å²) in [6, 6.07) is 5.67. The lowest BCUT2D eigenvalue weighted by Crippen LogP contribution is -2.30. The average molecular weight is 575 g/mol. The van der Waals surface area contributed by atoms with E-state index in [-0.39, 0.29) is 12.5 Å². The normalized spacial score (nSPS) is 17.9. The van der Waals surface area contributed by atoms with Crippen molar-refractivity contribution >= 4 is 17.6 Å². The van der Waals surface area contributed by atoms with Crippen LogP contribution in [0.15, 0.2) is 30.6 Å². The Morgan fingerprint density at radius 3 is 2.25 bits per heavy atom. The zero-order chi connectivity index (χ0) is 28.6. The number of rotatable bonds is 18. The number of hydrogen-bond donors (Lipinski definition) is 0. The maximum absolute atomic E-state index is 13.9. The zero-order valence-electron chi connectivity index (χ0n) is 24.5. The number of aromatic nitrogens is 2. The molecular formula is C33H48ClFN2O3. The predicted molar refractivity (Wildman–Crippen MR) is 161 cm³/mol. The Hall–Kier alpha value is -2.21. The Kier molecular flexibility index (Phi) is 14.8. The number of halogens is 2. The third kappa shape index (κ3) is 11.3. The molecular weight excluding hydrogens is 527 g/mol. The number of unbranched alkanes of at least 4 members (excludes halogenated alkanes) is 8. The highest BCUT2D eigenvalue weighted by Crippen LogP contribution is 2.32. The monoisotopic (exact) mass is 574 g/mol. The highest BCUT2D eigenvalue weighted by atomic mass is 35.5. The van der Waals surface area contributed by atoms with E-state index in [1.807, 2.05) is 37.5 Å². The van der Waals surface area contributed by atoms with Crippen molar-refractivity contribution in [2.45, 2.75) is 129 Å². The first-order chi connectivity index (χ1) is 19.5. The lowest BCUT2D eigenvalue weighted by Gasteiger charge is -2.28. The van der Waals surface area contributed by atoms with Crippen LogP contribution < -0.4 is 4.74 Å². The van der Waals surface area contributed by atoms with Crippen molar-refractivity contribution in [2.75, 3.05) is 6.61 Å². The fourth-order valence-corrected chi connectivity index (χ4v) is 5.45. The molecule has 1 aliphatic carbocycles. The Morgan fingerprint density at radius 1 is 0.950 bits per heavy atom. The van der Waals surface area contributed by atoms with Gasteiger partial charge in [-0.15, -0.1) is 0 Å². The molecule has 0 spiro atoms. The molecule has 1 saturated carbocycles. The molecule has 0 aliphatic heterocycles. The molecule has 3 rings (SSSR count). The van der Waals surface area contributed by atoms with Gasteiger partial charge in [-0.1, -0.05) is 83.2 Å². The van der Waals surface area contributed by atoms with E-state index in [2.05, 4.69) is 16.9 Å². The van der Waals surface area contributed by atoms with E-state index >= 15 is 0 Å². The molecule has 2 aromatic rings. The number of carbonyl (C=O) groups is 1. The van der Waals surface area contributed by atoms with E-state index in [9.17, 15) is 9.18 Å². The van der Waals surface area contributed by atoms with Gasteiger partial charge in [-0.05, 0) is 74.6 Å². The van der Waals surface area contributed by atoms with Crippen molar-refractivity contribution in [3.8, 4) is 17.1 Å². The lowest BCUT2D eigenvalue weighted by atomic mass is 9.88. The number of carbonyl (C=O) groups excluding carboxylic acids is 1. The molecule has 0 amide bonds. The van der Waals surface area contributed by atoms with Crippen LogP contribution in [0.3, 0.4) is 0 Å². The predicted octanol–water partition coefficient (Wildman–Crippen LogP) is 9.49. The van der Waals surface area contributed by atoms with Crippen LogP contribution in [-0.4, -0.2) is 34.8 Å². The zero-order valence-corrected chi connectivity index (χ0v) is 25.3. The van der Waals surface area contributed by atoms with E-state index in [4.69, 9.17) is 21.1 Å². The molecule has 1 aliphatic rings. The number of aryl methyl sites for hydroxylation is 1. The van der Waals surface area contributed by atoms with E-state index in [0.29, 0.717) is 35.5 Å². The number of ether oxygens (including phenoxy) is 2. The molecule has 0 N–H and O–H groups in total. The molecule has 0 saturated heterocycles. The van der Waals surface area contributed by atoms with Crippen molar-refractivity contribution in [2.24, 2.45) is 5.92 Å². The summed E-state index contributed by atoms with van der Waals surface area (Å²) in [7, 11) is 0. The molecule has 1 heterocycles. The summed E-state index contributed by atoms with van der Waals surface area (Å²) in [5.41, 5.74) is 2.04. The quantitative estimate of drug-likeness (QED) is 0.131. The van der Waals surface area contributed by atoms with E-state index < -0.39 is 12.1 Å². The minimum absolute atomic E-state index is 0.196. The minimum Gasteiger partial charge on any atom is -0.492 e. The molecule has 0 bridgehead atoms. The van der Waals surface area contributed by atoms with E-state index in [0.717, 1.165) is 44.1 Å². The Bertz CT molecular complexity index is 996. The van der Waals surface area contributed by atoms with Crippen molar-refractivity contribution in [1.82, 2.24) is 9.97 Å². The maximum atomic E-state index is 13.9. The number of esters is 1. The van der Waals surface area contributed by atoms with Gasteiger partial charge in [0.25, 0.3) is 0 Å². The molecule has 1 aromatic heterocycles. The van der Waals surface area contributed by atoms with Crippen LogP contribution in [0.4, 0.5) is 4.39 Å². The Labute approximate surface area is 245 Å². The molecule has 1 aromatic carbocycles. The summed E-state index contributed by atoms with van der Waals surface area (Å²) in [6.07, 6.45) is 18.7. The molecule has 222 valence electrons. The highest BCUT2D eigenvalue weighted by molar-refractivity contribution is 6.32. The average Bonchev–Trinajstić information content (AvgIpc) is 2.97. The summed E-state index contributed by atoms with van der Waals surface area (Å²) in [4.78, 5) is 21.1. The van der Waals surface area contributed by atoms with Gasteiger partial charge in [0.1, 0.15) is 11.9 Å². The largest absolute Gasteiger partial charge is 0.492 e. The van der Waals surface area contributed by atoms with Gasteiger partial charge >= 0.3 is 5.97 Å². The van der Waals surface area contributed by atoms with E-state index in [1.54, 1.807) is 0 Å². The van der Waals surface area contributed by atoms with Crippen LogP contribution in [0.2, 0.25) is 5.02 Å². The summed E-state index contributed by atoms with van der Waals surface area (Å²) >= 11 is 6.54. The van der Waals surface area contributed by atoms with Gasteiger partial charge in [0.05, 0.1) is 11.6 Å². The van der Waals surface area contributed by atoms with Crippen molar-refractivity contribution in [3.63, 3.8) is 0 Å². The van der Waals surface area contributed by atoms with Gasteiger partial charge in [0.15, 0.2) is 12.0 Å². The summed E-state index contributed by atoms with van der Waals surface area (Å²) in [5.74, 6) is 0.943. The second-order valence-corrected chi connectivity index (χ2v) is 11.7. The van der Waals surface area contributed by atoms with Crippen molar-refractivity contribution in [1.29, 1.82) is 0 Å². The van der Waals surface area contributed by atoms with Crippen molar-refractivity contribution in [3.05, 3.63) is 41.2 Å². The molecule has 5 nitrogen and oxygen atoms in total. The molecule has 40 heavy (non-hydrogen) atoms. The first-order valence-electron chi connectivity index (χ1n) is 15.6. The smallest absolute Gasteiger partial charge is 0.340 e. The molecule has 7 heteroatoms. The molecule has 0 radical (unpaired) electrons. The first-order valence-corrected chi connectivity index (χ1v) is 16.0. The number of alkyl halides is 1. The second kappa shape index (κ2) is 18.3. The van der Waals surface area contributed by atoms with E-state index in [1.165, 1.54) is 56.9 Å². The minimum atomic E-state index is -1.51. The van der Waals surface area contributed by atoms with Crippen LogP contribution in [0.1, 0.15) is 116 Å².